The normalized spacial score (nSPS) is 16.5. The van der Waals surface area contributed by atoms with E-state index in [-0.39, 0.29) is 17.5 Å². The number of nitrogens with zero attached hydrogens (tertiary/aromatic N) is 1. The lowest BCUT2D eigenvalue weighted by atomic mass is 10.1. The number of aromatic amines is 1. The van der Waals surface area contributed by atoms with Crippen molar-refractivity contribution in [2.45, 2.75) is 25.8 Å². The van der Waals surface area contributed by atoms with Crippen LogP contribution in [0.2, 0.25) is 0 Å². The molecule has 0 radical (unpaired) electrons. The third kappa shape index (κ3) is 2.05. The third-order valence-electron chi connectivity index (χ3n) is 3.83. The molecule has 0 saturated heterocycles. The number of aryl methyl sites for hydroxylation is 1. The van der Waals surface area contributed by atoms with Crippen LogP contribution in [0.4, 0.5) is 0 Å². The molecule has 1 saturated carbocycles. The summed E-state index contributed by atoms with van der Waals surface area (Å²) in [7, 11) is 1.66. The summed E-state index contributed by atoms with van der Waals surface area (Å²) in [5, 5.41) is 3.70. The number of pyridine rings is 1. The van der Waals surface area contributed by atoms with Crippen molar-refractivity contribution in [3.8, 4) is 0 Å². The fourth-order valence-electron chi connectivity index (χ4n) is 2.45. The van der Waals surface area contributed by atoms with Gasteiger partial charge in [-0.25, -0.2) is 0 Å². The Kier molecular flexibility index (Phi) is 2.69. The minimum absolute atomic E-state index is 0.111. The predicted molar refractivity (Wildman–Crippen MR) is 73.2 cm³/mol. The number of aromatic nitrogens is 2. The smallest absolute Gasteiger partial charge is 0.274 e. The van der Waals surface area contributed by atoms with Gasteiger partial charge in [-0.1, -0.05) is 0 Å². The van der Waals surface area contributed by atoms with Crippen LogP contribution in [0.1, 0.15) is 30.1 Å². The Morgan fingerprint density at radius 3 is 2.95 bits per heavy atom. The Hall–Kier alpha value is -2.04. The van der Waals surface area contributed by atoms with E-state index in [1.54, 1.807) is 25.5 Å². The van der Waals surface area contributed by atoms with Gasteiger partial charge in [0.15, 0.2) is 0 Å². The van der Waals surface area contributed by atoms with Crippen LogP contribution in [-0.2, 0) is 7.05 Å². The Labute approximate surface area is 110 Å². The predicted octanol–water partition coefficient (Wildman–Crippen LogP) is 1.39. The minimum atomic E-state index is -0.119. The lowest BCUT2D eigenvalue weighted by molar-refractivity contribution is 0.0937. The fraction of sp³-hybridized carbons (Fsp3) is 0.429. The molecule has 0 bridgehead atoms. The highest BCUT2D eigenvalue weighted by Crippen LogP contribution is 2.32. The number of carbonyl (C=O) groups excluding carboxylic acids is 1. The molecule has 3 rings (SSSR count). The number of nitrogens with one attached hydrogen (secondary N) is 2. The van der Waals surface area contributed by atoms with Crippen LogP contribution in [-0.4, -0.2) is 21.5 Å². The molecular weight excluding hydrogens is 242 g/mol. The van der Waals surface area contributed by atoms with Gasteiger partial charge in [-0.3, -0.25) is 9.59 Å². The second kappa shape index (κ2) is 4.26. The molecule has 2 N–H and O–H groups in total. The van der Waals surface area contributed by atoms with E-state index in [2.05, 4.69) is 10.3 Å². The average molecular weight is 259 g/mol. The van der Waals surface area contributed by atoms with Crippen molar-refractivity contribution in [2.75, 3.05) is 0 Å². The molecule has 19 heavy (non-hydrogen) atoms. The zero-order chi connectivity index (χ0) is 13.6. The zero-order valence-electron chi connectivity index (χ0n) is 11.1. The number of fused-ring (bicyclic) bond motifs is 1. The highest BCUT2D eigenvalue weighted by atomic mass is 16.2. The van der Waals surface area contributed by atoms with Crippen molar-refractivity contribution in [1.29, 1.82) is 0 Å². The van der Waals surface area contributed by atoms with E-state index < -0.39 is 0 Å². The second-order valence-corrected chi connectivity index (χ2v) is 5.32. The van der Waals surface area contributed by atoms with Crippen molar-refractivity contribution >= 4 is 16.8 Å². The van der Waals surface area contributed by atoms with Gasteiger partial charge in [0.25, 0.3) is 11.5 Å². The van der Waals surface area contributed by atoms with Crippen LogP contribution < -0.4 is 10.9 Å². The Balaban J connectivity index is 1.99. The number of hydrogen-bond donors (Lipinski definition) is 2. The van der Waals surface area contributed by atoms with Gasteiger partial charge >= 0.3 is 0 Å². The van der Waals surface area contributed by atoms with Gasteiger partial charge in [0.2, 0.25) is 0 Å². The molecule has 1 amide bonds. The van der Waals surface area contributed by atoms with Crippen molar-refractivity contribution in [1.82, 2.24) is 14.9 Å². The first-order valence-electron chi connectivity index (χ1n) is 6.55. The summed E-state index contributed by atoms with van der Waals surface area (Å²) in [5.41, 5.74) is 0.909. The maximum Gasteiger partial charge on any atom is 0.274 e. The lowest BCUT2D eigenvalue weighted by Crippen LogP contribution is -2.35. The summed E-state index contributed by atoms with van der Waals surface area (Å²) in [6.45, 7) is 2.03. The van der Waals surface area contributed by atoms with E-state index >= 15 is 0 Å². The molecule has 0 spiro atoms. The highest BCUT2D eigenvalue weighted by Gasteiger charge is 2.29. The monoisotopic (exact) mass is 259 g/mol. The molecule has 2 aromatic heterocycles. The van der Waals surface area contributed by atoms with Crippen molar-refractivity contribution in [2.24, 2.45) is 13.0 Å². The van der Waals surface area contributed by atoms with Crippen LogP contribution in [0.3, 0.4) is 0 Å². The maximum absolute atomic E-state index is 12.3. The Morgan fingerprint density at radius 2 is 2.26 bits per heavy atom. The van der Waals surface area contributed by atoms with Crippen LogP contribution in [0.5, 0.6) is 0 Å². The molecule has 5 heteroatoms. The van der Waals surface area contributed by atoms with E-state index in [0.717, 1.165) is 0 Å². The van der Waals surface area contributed by atoms with Crippen LogP contribution in [0.25, 0.3) is 10.9 Å². The van der Waals surface area contributed by atoms with Gasteiger partial charge < -0.3 is 14.9 Å². The first kappa shape index (κ1) is 12.0. The SMILES string of the molecule is CC(NC(=O)c1cn(C)c(=O)c2[nH]ccc12)C1CC1. The van der Waals surface area contributed by atoms with Gasteiger partial charge in [0, 0.05) is 30.9 Å². The molecule has 0 aliphatic heterocycles. The molecule has 100 valence electrons. The Bertz CT molecular complexity index is 694. The molecule has 1 aliphatic carbocycles. The number of H-pyrrole nitrogens is 1. The molecule has 1 fully saturated rings. The van der Waals surface area contributed by atoms with Crippen molar-refractivity contribution in [3.63, 3.8) is 0 Å². The molecule has 1 aliphatic rings. The summed E-state index contributed by atoms with van der Waals surface area (Å²) in [5.74, 6) is 0.498. The summed E-state index contributed by atoms with van der Waals surface area (Å²) in [6, 6.07) is 1.96. The van der Waals surface area contributed by atoms with E-state index in [1.165, 1.54) is 17.4 Å². The van der Waals surface area contributed by atoms with Gasteiger partial charge in [0.1, 0.15) is 5.52 Å². The fourth-order valence-corrected chi connectivity index (χ4v) is 2.45. The first-order valence-corrected chi connectivity index (χ1v) is 6.55. The third-order valence-corrected chi connectivity index (χ3v) is 3.83. The minimum Gasteiger partial charge on any atom is -0.357 e. The summed E-state index contributed by atoms with van der Waals surface area (Å²) in [4.78, 5) is 27.1. The topological polar surface area (TPSA) is 66.9 Å². The van der Waals surface area contributed by atoms with Crippen molar-refractivity contribution in [3.05, 3.63) is 34.4 Å². The van der Waals surface area contributed by atoms with Crippen LogP contribution >= 0.6 is 0 Å². The highest BCUT2D eigenvalue weighted by molar-refractivity contribution is 6.06. The number of amides is 1. The Morgan fingerprint density at radius 1 is 1.53 bits per heavy atom. The van der Waals surface area contributed by atoms with E-state index in [9.17, 15) is 9.59 Å². The zero-order valence-corrected chi connectivity index (χ0v) is 11.1. The van der Waals surface area contributed by atoms with Gasteiger partial charge in [-0.15, -0.1) is 0 Å². The largest absolute Gasteiger partial charge is 0.357 e. The molecule has 1 atom stereocenters. The van der Waals surface area contributed by atoms with Gasteiger partial charge in [-0.05, 0) is 31.7 Å². The van der Waals surface area contributed by atoms with E-state index in [0.29, 0.717) is 22.4 Å². The van der Waals surface area contributed by atoms with Crippen molar-refractivity contribution < 1.29 is 4.79 Å². The molecule has 2 heterocycles. The first-order chi connectivity index (χ1) is 9.08. The van der Waals surface area contributed by atoms with Crippen LogP contribution in [0.15, 0.2) is 23.3 Å². The van der Waals surface area contributed by atoms with E-state index in [1.807, 2.05) is 6.92 Å². The van der Waals surface area contributed by atoms with Gasteiger partial charge in [0.05, 0.1) is 5.56 Å². The summed E-state index contributed by atoms with van der Waals surface area (Å²) < 4.78 is 1.44. The number of carbonyl (C=O) groups is 1. The summed E-state index contributed by atoms with van der Waals surface area (Å²) in [6.07, 6.45) is 5.67. The summed E-state index contributed by atoms with van der Waals surface area (Å²) >= 11 is 0. The second-order valence-electron chi connectivity index (χ2n) is 5.32. The van der Waals surface area contributed by atoms with Crippen LogP contribution in [0, 0.1) is 5.92 Å². The molecule has 0 aromatic carbocycles. The average Bonchev–Trinajstić information content (AvgIpc) is 3.11. The quantitative estimate of drug-likeness (QED) is 0.874. The lowest BCUT2D eigenvalue weighted by Gasteiger charge is -2.13. The molecular formula is C14H17N3O2. The van der Waals surface area contributed by atoms with E-state index in [4.69, 9.17) is 0 Å². The molecule has 1 unspecified atom stereocenters. The molecule has 2 aromatic rings. The molecule has 5 nitrogen and oxygen atoms in total. The standard InChI is InChI=1S/C14H17N3O2/c1-8(9-3-4-9)16-13(18)11-7-17(2)14(19)12-10(11)5-6-15-12/h5-9,15H,3-4H2,1-2H3,(H,16,18). The number of hydrogen-bond acceptors (Lipinski definition) is 2. The number of rotatable bonds is 3. The van der Waals surface area contributed by atoms with Gasteiger partial charge in [-0.2, -0.15) is 0 Å². The maximum atomic E-state index is 12.3.